The zero-order valence-corrected chi connectivity index (χ0v) is 11.4. The van der Waals surface area contributed by atoms with Crippen molar-refractivity contribution in [3.8, 4) is 28.7 Å². The van der Waals surface area contributed by atoms with Gasteiger partial charge in [0.25, 0.3) is 0 Å². The molecule has 7 nitrogen and oxygen atoms in total. The van der Waals surface area contributed by atoms with Gasteiger partial charge in [0, 0.05) is 24.8 Å². The van der Waals surface area contributed by atoms with Crippen molar-refractivity contribution in [3.05, 3.63) is 41.5 Å². The Kier molecular flexibility index (Phi) is 2.89. The summed E-state index contributed by atoms with van der Waals surface area (Å²) in [5.41, 5.74) is -0.00222. The minimum Gasteiger partial charge on any atom is -0.508 e. The second-order valence-electron chi connectivity index (χ2n) is 4.79. The lowest BCUT2D eigenvalue weighted by Gasteiger charge is -2.25. The Bertz CT molecular complexity index is 784. The molecule has 2 aromatic carbocycles. The highest BCUT2D eigenvalue weighted by Crippen LogP contribution is 2.48. The number of rotatable bonds is 2. The normalized spacial score (nSPS) is 19.8. The number of ketones is 1. The van der Waals surface area contributed by atoms with Gasteiger partial charge in [-0.05, 0) is 18.2 Å². The second-order valence-corrected chi connectivity index (χ2v) is 4.79. The van der Waals surface area contributed by atoms with Crippen molar-refractivity contribution in [2.75, 3.05) is 7.11 Å². The molecule has 0 fully saturated rings. The average Bonchev–Trinajstić information content (AvgIpc) is 2.75. The summed E-state index contributed by atoms with van der Waals surface area (Å²) in [5.74, 6) is -4.18. The minimum absolute atomic E-state index is 0.0445. The molecular weight excluding hydrogens is 292 g/mol. The first-order chi connectivity index (χ1) is 10.4. The summed E-state index contributed by atoms with van der Waals surface area (Å²) >= 11 is 0. The van der Waals surface area contributed by atoms with Gasteiger partial charge in [-0.3, -0.25) is 4.79 Å². The van der Waals surface area contributed by atoms with Crippen LogP contribution in [0.2, 0.25) is 0 Å². The molecule has 0 unspecified atom stereocenters. The maximum Gasteiger partial charge on any atom is 0.302 e. The fourth-order valence-electron chi connectivity index (χ4n) is 2.43. The highest BCUT2D eigenvalue weighted by molar-refractivity contribution is 6.09. The predicted molar refractivity (Wildman–Crippen MR) is 73.2 cm³/mol. The van der Waals surface area contributed by atoms with Crippen LogP contribution in [0.3, 0.4) is 0 Å². The molecule has 22 heavy (non-hydrogen) atoms. The van der Waals surface area contributed by atoms with E-state index < -0.39 is 23.1 Å². The predicted octanol–water partition coefficient (Wildman–Crippen LogP) is 1.58. The molecule has 0 amide bonds. The molecule has 1 aliphatic rings. The van der Waals surface area contributed by atoms with Crippen molar-refractivity contribution in [1.82, 2.24) is 0 Å². The van der Waals surface area contributed by atoms with Gasteiger partial charge >= 0.3 is 5.79 Å². The van der Waals surface area contributed by atoms with Crippen LogP contribution in [-0.2, 0) is 10.5 Å². The molecular formula is C15H12O7. The average molecular weight is 304 g/mol. The zero-order valence-electron chi connectivity index (χ0n) is 11.4. The van der Waals surface area contributed by atoms with Gasteiger partial charge in [0.15, 0.2) is 11.5 Å². The molecule has 1 heterocycles. The molecule has 1 atom stereocenters. The molecule has 0 bridgehead atoms. The van der Waals surface area contributed by atoms with Gasteiger partial charge in [0.05, 0.1) is 0 Å². The maximum absolute atomic E-state index is 12.6. The van der Waals surface area contributed by atoms with Crippen LogP contribution in [0, 0.1) is 0 Å². The number of Topliss-reactive ketones (excluding diaryl/α,β-unsaturated/α-hetero) is 1. The van der Waals surface area contributed by atoms with Gasteiger partial charge in [-0.15, -0.1) is 0 Å². The number of phenolic OH excluding ortho intramolecular Hbond substituents is 4. The lowest BCUT2D eigenvalue weighted by Crippen LogP contribution is -2.39. The van der Waals surface area contributed by atoms with Crippen molar-refractivity contribution in [2.45, 2.75) is 5.79 Å². The first-order valence-electron chi connectivity index (χ1n) is 6.26. The Morgan fingerprint density at radius 1 is 1.00 bits per heavy atom. The molecule has 3 rings (SSSR count). The maximum atomic E-state index is 12.6. The van der Waals surface area contributed by atoms with Crippen LogP contribution in [0.5, 0.6) is 28.7 Å². The van der Waals surface area contributed by atoms with E-state index in [1.54, 1.807) is 0 Å². The molecule has 0 radical (unpaired) electrons. The van der Waals surface area contributed by atoms with Crippen LogP contribution in [0.15, 0.2) is 30.3 Å². The van der Waals surface area contributed by atoms with Crippen molar-refractivity contribution in [2.24, 2.45) is 0 Å². The van der Waals surface area contributed by atoms with Crippen LogP contribution in [0.25, 0.3) is 0 Å². The molecule has 0 spiro atoms. The van der Waals surface area contributed by atoms with Gasteiger partial charge < -0.3 is 29.9 Å². The zero-order chi connectivity index (χ0) is 16.1. The molecule has 7 heteroatoms. The van der Waals surface area contributed by atoms with E-state index in [4.69, 9.17) is 9.47 Å². The summed E-state index contributed by atoms with van der Waals surface area (Å²) in [5, 5.41) is 38.3. The number of hydrogen-bond acceptors (Lipinski definition) is 7. The Hall–Kier alpha value is -2.93. The quantitative estimate of drug-likeness (QED) is 0.622. The highest BCUT2D eigenvalue weighted by atomic mass is 16.7. The molecule has 1 aliphatic heterocycles. The summed E-state index contributed by atoms with van der Waals surface area (Å²) in [4.78, 5) is 12.6. The van der Waals surface area contributed by atoms with Gasteiger partial charge in [-0.1, -0.05) is 0 Å². The van der Waals surface area contributed by atoms with E-state index in [9.17, 15) is 25.2 Å². The third-order valence-corrected chi connectivity index (χ3v) is 3.49. The van der Waals surface area contributed by atoms with Crippen LogP contribution in [-0.4, -0.2) is 33.3 Å². The van der Waals surface area contributed by atoms with Crippen molar-refractivity contribution < 1.29 is 34.7 Å². The van der Waals surface area contributed by atoms with E-state index in [2.05, 4.69) is 0 Å². The van der Waals surface area contributed by atoms with E-state index in [-0.39, 0.29) is 28.4 Å². The SMILES string of the molecule is CO[C@@]1(c2ccc(O)c(O)c2)Oc2cc(O)cc(O)c2C1=O. The molecule has 114 valence electrons. The molecule has 0 aromatic heterocycles. The highest BCUT2D eigenvalue weighted by Gasteiger charge is 2.52. The molecule has 2 aromatic rings. The Morgan fingerprint density at radius 3 is 2.36 bits per heavy atom. The number of phenols is 4. The van der Waals surface area contributed by atoms with Gasteiger partial charge in [0.1, 0.15) is 22.8 Å². The fraction of sp³-hybridized carbons (Fsp3) is 0.133. The molecule has 0 saturated heterocycles. The van der Waals surface area contributed by atoms with Crippen LogP contribution in [0.4, 0.5) is 0 Å². The number of methoxy groups -OCH3 is 1. The number of ether oxygens (including phenoxy) is 2. The summed E-state index contributed by atoms with van der Waals surface area (Å²) in [7, 11) is 1.23. The topological polar surface area (TPSA) is 116 Å². The smallest absolute Gasteiger partial charge is 0.302 e. The van der Waals surface area contributed by atoms with Crippen LogP contribution >= 0.6 is 0 Å². The first-order valence-corrected chi connectivity index (χ1v) is 6.26. The third kappa shape index (κ3) is 1.76. The van der Waals surface area contributed by atoms with Crippen LogP contribution < -0.4 is 4.74 Å². The van der Waals surface area contributed by atoms with E-state index in [1.165, 1.54) is 25.3 Å². The monoisotopic (exact) mass is 304 g/mol. The second kappa shape index (κ2) is 4.54. The number of carbonyl (C=O) groups excluding carboxylic acids is 1. The third-order valence-electron chi connectivity index (χ3n) is 3.49. The summed E-state index contributed by atoms with van der Waals surface area (Å²) in [6.45, 7) is 0. The Morgan fingerprint density at radius 2 is 1.73 bits per heavy atom. The largest absolute Gasteiger partial charge is 0.508 e. The van der Waals surface area contributed by atoms with E-state index in [0.717, 1.165) is 12.1 Å². The molecule has 0 saturated carbocycles. The van der Waals surface area contributed by atoms with Gasteiger partial charge in [-0.25, -0.2) is 0 Å². The standard InChI is InChI=1S/C15H12O7/c1-21-15(7-2-3-9(17)10(18)4-7)14(20)13-11(19)5-8(16)6-12(13)22-15/h2-6,16-19H,1H3/t15-/m0/s1. The Labute approximate surface area is 124 Å². The number of benzene rings is 2. The number of fused-ring (bicyclic) bond motifs is 1. The number of hydrogen-bond donors (Lipinski definition) is 4. The summed E-state index contributed by atoms with van der Waals surface area (Å²) in [6, 6.07) is 5.84. The summed E-state index contributed by atoms with van der Waals surface area (Å²) in [6.07, 6.45) is 0. The minimum atomic E-state index is -1.92. The number of aromatic hydroxyl groups is 4. The van der Waals surface area contributed by atoms with E-state index >= 15 is 0 Å². The fourth-order valence-corrected chi connectivity index (χ4v) is 2.43. The van der Waals surface area contributed by atoms with Gasteiger partial charge in [-0.2, -0.15) is 0 Å². The summed E-state index contributed by atoms with van der Waals surface area (Å²) < 4.78 is 10.7. The van der Waals surface area contributed by atoms with Crippen molar-refractivity contribution in [3.63, 3.8) is 0 Å². The number of carbonyl (C=O) groups is 1. The van der Waals surface area contributed by atoms with E-state index in [0.29, 0.717) is 0 Å². The van der Waals surface area contributed by atoms with Crippen molar-refractivity contribution in [1.29, 1.82) is 0 Å². The van der Waals surface area contributed by atoms with E-state index in [1.807, 2.05) is 0 Å². The Balaban J connectivity index is 2.19. The van der Waals surface area contributed by atoms with Gasteiger partial charge in [0.2, 0.25) is 5.78 Å². The lowest BCUT2D eigenvalue weighted by atomic mass is 9.97. The molecule has 4 N–H and O–H groups in total. The first kappa shape index (κ1) is 14.0. The van der Waals surface area contributed by atoms with Crippen LogP contribution in [0.1, 0.15) is 15.9 Å². The van der Waals surface area contributed by atoms with Crippen molar-refractivity contribution >= 4 is 5.78 Å². The lowest BCUT2D eigenvalue weighted by molar-refractivity contribution is -0.124. The molecule has 0 aliphatic carbocycles.